The molecule has 0 radical (unpaired) electrons. The molecule has 0 bridgehead atoms. The number of likely N-dealkylation sites (N-methyl/N-ethyl adjacent to an activating group) is 1. The van der Waals surface area contributed by atoms with Crippen molar-refractivity contribution in [3.63, 3.8) is 0 Å². The Kier molecular flexibility index (Phi) is 7.43. The van der Waals surface area contributed by atoms with Gasteiger partial charge in [-0.1, -0.05) is 19.1 Å². The first-order valence-corrected chi connectivity index (χ1v) is 6.50. The molecule has 0 unspecified atom stereocenters. The molecule has 0 aliphatic heterocycles. The van der Waals surface area contributed by atoms with Crippen LogP contribution in [-0.2, 0) is 6.42 Å². The van der Waals surface area contributed by atoms with E-state index < -0.39 is 0 Å². The van der Waals surface area contributed by atoms with Gasteiger partial charge in [0.25, 0.3) is 0 Å². The summed E-state index contributed by atoms with van der Waals surface area (Å²) in [5, 5.41) is 6.70. The highest BCUT2D eigenvalue weighted by atomic mass is 16.5. The van der Waals surface area contributed by atoms with Gasteiger partial charge in [0.05, 0.1) is 6.61 Å². The number of benzene rings is 1. The molecule has 0 atom stereocenters. The van der Waals surface area contributed by atoms with Crippen molar-refractivity contribution >= 4 is 0 Å². The molecule has 0 fully saturated rings. The predicted molar refractivity (Wildman–Crippen MR) is 72.7 cm³/mol. The molecule has 0 heterocycles. The maximum atomic E-state index is 5.41. The molecular weight excluding hydrogens is 212 g/mol. The Morgan fingerprint density at radius 2 is 1.65 bits per heavy atom. The minimum Gasteiger partial charge on any atom is -0.494 e. The molecule has 17 heavy (non-hydrogen) atoms. The standard InChI is InChI=1S/C14H24N2O/c1-3-15-11-12-16-10-9-13-5-7-14(8-6-13)17-4-2/h5-8,15-16H,3-4,9-12H2,1-2H3. The van der Waals surface area contributed by atoms with Crippen molar-refractivity contribution < 1.29 is 4.74 Å². The van der Waals surface area contributed by atoms with Gasteiger partial charge in [-0.3, -0.25) is 0 Å². The molecule has 0 aromatic heterocycles. The zero-order valence-electron chi connectivity index (χ0n) is 11.0. The third-order valence-corrected chi connectivity index (χ3v) is 2.55. The monoisotopic (exact) mass is 236 g/mol. The van der Waals surface area contributed by atoms with Gasteiger partial charge in [0.1, 0.15) is 5.75 Å². The molecule has 3 nitrogen and oxygen atoms in total. The van der Waals surface area contributed by atoms with Crippen molar-refractivity contribution in [3.05, 3.63) is 29.8 Å². The summed E-state index contributed by atoms with van der Waals surface area (Å²) in [6.07, 6.45) is 1.07. The lowest BCUT2D eigenvalue weighted by Crippen LogP contribution is -2.28. The highest BCUT2D eigenvalue weighted by Gasteiger charge is 1.95. The van der Waals surface area contributed by atoms with Crippen LogP contribution in [0.1, 0.15) is 19.4 Å². The Morgan fingerprint density at radius 3 is 2.29 bits per heavy atom. The van der Waals surface area contributed by atoms with Crippen molar-refractivity contribution in [2.24, 2.45) is 0 Å². The second kappa shape index (κ2) is 9.02. The fourth-order valence-corrected chi connectivity index (χ4v) is 1.63. The zero-order chi connectivity index (χ0) is 12.3. The van der Waals surface area contributed by atoms with Crippen LogP contribution in [0.2, 0.25) is 0 Å². The van der Waals surface area contributed by atoms with E-state index in [4.69, 9.17) is 4.74 Å². The molecule has 0 aliphatic rings. The second-order valence-electron chi connectivity index (χ2n) is 3.93. The SMILES string of the molecule is CCNCCNCCc1ccc(OCC)cc1. The molecule has 0 spiro atoms. The Hall–Kier alpha value is -1.06. The van der Waals surface area contributed by atoms with Crippen LogP contribution >= 0.6 is 0 Å². The van der Waals surface area contributed by atoms with Crippen molar-refractivity contribution in [2.75, 3.05) is 32.8 Å². The summed E-state index contributed by atoms with van der Waals surface area (Å²) in [6.45, 7) is 9.00. The van der Waals surface area contributed by atoms with E-state index in [-0.39, 0.29) is 0 Å². The van der Waals surface area contributed by atoms with E-state index in [1.807, 2.05) is 19.1 Å². The number of rotatable bonds is 9. The van der Waals surface area contributed by atoms with Gasteiger partial charge in [-0.2, -0.15) is 0 Å². The van der Waals surface area contributed by atoms with Crippen molar-refractivity contribution in [3.8, 4) is 5.75 Å². The molecule has 0 saturated heterocycles. The van der Waals surface area contributed by atoms with Gasteiger partial charge in [-0.15, -0.1) is 0 Å². The normalized spacial score (nSPS) is 10.5. The van der Waals surface area contributed by atoms with Crippen LogP contribution in [0.4, 0.5) is 0 Å². The summed E-state index contributed by atoms with van der Waals surface area (Å²) >= 11 is 0. The van der Waals surface area contributed by atoms with Crippen LogP contribution in [0.3, 0.4) is 0 Å². The van der Waals surface area contributed by atoms with Crippen LogP contribution in [-0.4, -0.2) is 32.8 Å². The van der Waals surface area contributed by atoms with E-state index in [0.29, 0.717) is 0 Å². The molecule has 2 N–H and O–H groups in total. The highest BCUT2D eigenvalue weighted by molar-refractivity contribution is 5.27. The molecule has 0 saturated carbocycles. The quantitative estimate of drug-likeness (QED) is 0.642. The summed E-state index contributed by atoms with van der Waals surface area (Å²) in [7, 11) is 0. The number of ether oxygens (including phenoxy) is 1. The van der Waals surface area contributed by atoms with Gasteiger partial charge in [0.15, 0.2) is 0 Å². The van der Waals surface area contributed by atoms with Gasteiger partial charge in [-0.05, 0) is 44.1 Å². The number of hydrogen-bond donors (Lipinski definition) is 2. The first kappa shape index (κ1) is 14.0. The number of nitrogens with one attached hydrogen (secondary N) is 2. The molecule has 1 aromatic rings. The molecule has 96 valence electrons. The van der Waals surface area contributed by atoms with Crippen LogP contribution in [0, 0.1) is 0 Å². The largest absolute Gasteiger partial charge is 0.494 e. The van der Waals surface area contributed by atoms with Crippen LogP contribution < -0.4 is 15.4 Å². The summed E-state index contributed by atoms with van der Waals surface area (Å²) in [5.74, 6) is 0.955. The van der Waals surface area contributed by atoms with Gasteiger partial charge in [0.2, 0.25) is 0 Å². The van der Waals surface area contributed by atoms with E-state index in [2.05, 4.69) is 29.7 Å². The van der Waals surface area contributed by atoms with Crippen LogP contribution in [0.25, 0.3) is 0 Å². The molecular formula is C14H24N2O. The molecule has 1 aromatic carbocycles. The molecule has 3 heteroatoms. The Labute approximate surface area is 105 Å². The van der Waals surface area contributed by atoms with E-state index in [9.17, 15) is 0 Å². The third-order valence-electron chi connectivity index (χ3n) is 2.55. The Bertz CT molecular complexity index is 285. The van der Waals surface area contributed by atoms with E-state index >= 15 is 0 Å². The van der Waals surface area contributed by atoms with Crippen molar-refractivity contribution in [1.82, 2.24) is 10.6 Å². The summed E-state index contributed by atoms with van der Waals surface area (Å²) in [5.41, 5.74) is 1.35. The number of hydrogen-bond acceptors (Lipinski definition) is 3. The fraction of sp³-hybridized carbons (Fsp3) is 0.571. The summed E-state index contributed by atoms with van der Waals surface area (Å²) < 4.78 is 5.41. The predicted octanol–water partition coefficient (Wildman–Crippen LogP) is 1.83. The van der Waals surface area contributed by atoms with Gasteiger partial charge in [-0.25, -0.2) is 0 Å². The lowest BCUT2D eigenvalue weighted by Gasteiger charge is -2.06. The lowest BCUT2D eigenvalue weighted by molar-refractivity contribution is 0.340. The van der Waals surface area contributed by atoms with E-state index in [1.165, 1.54) is 5.56 Å². The van der Waals surface area contributed by atoms with Gasteiger partial charge < -0.3 is 15.4 Å². The fourth-order valence-electron chi connectivity index (χ4n) is 1.63. The van der Waals surface area contributed by atoms with E-state index in [1.54, 1.807) is 0 Å². The maximum Gasteiger partial charge on any atom is 0.119 e. The minimum atomic E-state index is 0.728. The van der Waals surface area contributed by atoms with Crippen molar-refractivity contribution in [2.45, 2.75) is 20.3 Å². The lowest BCUT2D eigenvalue weighted by atomic mass is 10.1. The van der Waals surface area contributed by atoms with Crippen LogP contribution in [0.5, 0.6) is 5.75 Å². The summed E-state index contributed by atoms with van der Waals surface area (Å²) in [4.78, 5) is 0. The minimum absolute atomic E-state index is 0.728. The first-order valence-electron chi connectivity index (χ1n) is 6.50. The zero-order valence-corrected chi connectivity index (χ0v) is 11.0. The Morgan fingerprint density at radius 1 is 0.941 bits per heavy atom. The van der Waals surface area contributed by atoms with E-state index in [0.717, 1.165) is 45.0 Å². The van der Waals surface area contributed by atoms with Gasteiger partial charge in [0, 0.05) is 13.1 Å². The molecule has 0 aliphatic carbocycles. The smallest absolute Gasteiger partial charge is 0.119 e. The van der Waals surface area contributed by atoms with Crippen molar-refractivity contribution in [1.29, 1.82) is 0 Å². The molecule has 0 amide bonds. The summed E-state index contributed by atoms with van der Waals surface area (Å²) in [6, 6.07) is 8.35. The van der Waals surface area contributed by atoms with Gasteiger partial charge >= 0.3 is 0 Å². The first-order chi connectivity index (χ1) is 8.36. The Balaban J connectivity index is 2.14. The third kappa shape index (κ3) is 6.29. The second-order valence-corrected chi connectivity index (χ2v) is 3.93. The average molecular weight is 236 g/mol. The highest BCUT2D eigenvalue weighted by Crippen LogP contribution is 2.11. The van der Waals surface area contributed by atoms with Crippen LogP contribution in [0.15, 0.2) is 24.3 Å². The average Bonchev–Trinajstić information content (AvgIpc) is 2.36. The maximum absolute atomic E-state index is 5.41. The molecule has 1 rings (SSSR count). The topological polar surface area (TPSA) is 33.3 Å².